The topological polar surface area (TPSA) is 74.7 Å². The van der Waals surface area contributed by atoms with Gasteiger partial charge < -0.3 is 5.11 Å². The standard InChI is InChI=1S/C27H25NO4/c1-17-6-8-19(9-7-17)20-10-12-21(13-11-20)24(30)16-18(2)14-15-28-26(31)22-4-3-5-23(29)25(22)27(28)32/h3-13,18,29H,14-16H2,1-2H3. The molecular weight excluding hydrogens is 402 g/mol. The zero-order valence-electron chi connectivity index (χ0n) is 18.2. The van der Waals surface area contributed by atoms with Crippen LogP contribution in [0.15, 0.2) is 66.7 Å². The van der Waals surface area contributed by atoms with Crippen LogP contribution in [0, 0.1) is 12.8 Å². The van der Waals surface area contributed by atoms with Gasteiger partial charge in [-0.2, -0.15) is 0 Å². The van der Waals surface area contributed by atoms with Gasteiger partial charge in [0.25, 0.3) is 11.8 Å². The maximum Gasteiger partial charge on any atom is 0.265 e. The van der Waals surface area contributed by atoms with E-state index < -0.39 is 11.8 Å². The summed E-state index contributed by atoms with van der Waals surface area (Å²) in [5, 5.41) is 9.92. The summed E-state index contributed by atoms with van der Waals surface area (Å²) in [6.07, 6.45) is 0.845. The Balaban J connectivity index is 1.34. The minimum Gasteiger partial charge on any atom is -0.507 e. The number of hydrogen-bond donors (Lipinski definition) is 1. The Bertz CT molecular complexity index is 1180. The van der Waals surface area contributed by atoms with E-state index in [9.17, 15) is 19.5 Å². The molecule has 5 nitrogen and oxygen atoms in total. The highest BCUT2D eigenvalue weighted by atomic mass is 16.3. The Morgan fingerprint density at radius 1 is 0.906 bits per heavy atom. The van der Waals surface area contributed by atoms with Crippen molar-refractivity contribution < 1.29 is 19.5 Å². The second kappa shape index (κ2) is 8.79. The molecule has 5 heteroatoms. The SMILES string of the molecule is Cc1ccc(-c2ccc(C(=O)CC(C)CCN3C(=O)c4cccc(O)c4C3=O)cc2)cc1. The van der Waals surface area contributed by atoms with Crippen LogP contribution < -0.4 is 0 Å². The molecule has 1 aliphatic heterocycles. The van der Waals surface area contributed by atoms with Crippen LogP contribution in [0.25, 0.3) is 11.1 Å². The average Bonchev–Trinajstić information content (AvgIpc) is 3.03. The third-order valence-corrected chi connectivity index (χ3v) is 5.95. The van der Waals surface area contributed by atoms with E-state index in [1.807, 2.05) is 38.1 Å². The van der Waals surface area contributed by atoms with Gasteiger partial charge >= 0.3 is 0 Å². The van der Waals surface area contributed by atoms with Gasteiger partial charge in [-0.3, -0.25) is 19.3 Å². The highest BCUT2D eigenvalue weighted by molar-refractivity contribution is 6.22. The minimum absolute atomic E-state index is 0.00261. The second-order valence-corrected chi connectivity index (χ2v) is 8.43. The van der Waals surface area contributed by atoms with Crippen LogP contribution in [-0.2, 0) is 0 Å². The van der Waals surface area contributed by atoms with Crippen molar-refractivity contribution >= 4 is 17.6 Å². The van der Waals surface area contributed by atoms with Gasteiger partial charge in [-0.25, -0.2) is 0 Å². The smallest absolute Gasteiger partial charge is 0.265 e. The van der Waals surface area contributed by atoms with Crippen LogP contribution in [0.2, 0.25) is 0 Å². The zero-order valence-corrected chi connectivity index (χ0v) is 18.2. The highest BCUT2D eigenvalue weighted by Crippen LogP contribution is 2.30. The van der Waals surface area contributed by atoms with Crippen LogP contribution in [0.3, 0.4) is 0 Å². The number of carbonyl (C=O) groups is 3. The van der Waals surface area contributed by atoms with E-state index in [4.69, 9.17) is 0 Å². The number of amides is 2. The molecule has 0 spiro atoms. The predicted octanol–water partition coefficient (Wildman–Crippen LogP) is 5.26. The molecule has 162 valence electrons. The number of nitrogens with zero attached hydrogens (tertiary/aromatic N) is 1. The largest absolute Gasteiger partial charge is 0.507 e. The van der Waals surface area contributed by atoms with Gasteiger partial charge in [0.05, 0.1) is 11.1 Å². The van der Waals surface area contributed by atoms with Gasteiger partial charge in [0, 0.05) is 18.5 Å². The zero-order chi connectivity index (χ0) is 22.8. The molecule has 0 fully saturated rings. The molecule has 0 aliphatic carbocycles. The van der Waals surface area contributed by atoms with Gasteiger partial charge in [0.2, 0.25) is 0 Å². The number of ketones is 1. The Morgan fingerprint density at radius 3 is 2.16 bits per heavy atom. The molecule has 1 aliphatic rings. The fourth-order valence-electron chi connectivity index (χ4n) is 4.00. The number of imide groups is 1. The van der Waals surface area contributed by atoms with E-state index in [1.54, 1.807) is 12.1 Å². The first-order chi connectivity index (χ1) is 15.3. The summed E-state index contributed by atoms with van der Waals surface area (Å²) in [6.45, 7) is 4.20. The van der Waals surface area contributed by atoms with E-state index in [-0.39, 0.29) is 35.1 Å². The number of phenolic OH excluding ortho intramolecular Hbond substituents is 1. The Labute approximate surface area is 187 Å². The predicted molar refractivity (Wildman–Crippen MR) is 123 cm³/mol. The first kappa shape index (κ1) is 21.5. The maximum atomic E-state index is 12.7. The van der Waals surface area contributed by atoms with Crippen molar-refractivity contribution in [3.63, 3.8) is 0 Å². The lowest BCUT2D eigenvalue weighted by molar-refractivity contribution is 0.0646. The maximum absolute atomic E-state index is 12.7. The summed E-state index contributed by atoms with van der Waals surface area (Å²) in [5.41, 5.74) is 4.31. The second-order valence-electron chi connectivity index (χ2n) is 8.43. The van der Waals surface area contributed by atoms with Crippen molar-refractivity contribution in [2.45, 2.75) is 26.7 Å². The molecule has 1 atom stereocenters. The summed E-state index contributed by atoms with van der Waals surface area (Å²) in [6, 6.07) is 20.3. The number of aromatic hydroxyl groups is 1. The van der Waals surface area contributed by atoms with Crippen LogP contribution in [-0.4, -0.2) is 34.1 Å². The van der Waals surface area contributed by atoms with E-state index in [0.29, 0.717) is 18.4 Å². The van der Waals surface area contributed by atoms with E-state index >= 15 is 0 Å². The lowest BCUT2D eigenvalue weighted by atomic mass is 9.95. The molecular formula is C27H25NO4. The van der Waals surface area contributed by atoms with E-state index in [1.165, 1.54) is 11.6 Å². The number of hydrogen-bond acceptors (Lipinski definition) is 4. The van der Waals surface area contributed by atoms with Gasteiger partial charge in [0.1, 0.15) is 5.75 Å². The van der Waals surface area contributed by atoms with Crippen molar-refractivity contribution in [2.75, 3.05) is 6.54 Å². The van der Waals surface area contributed by atoms with Crippen molar-refractivity contribution in [3.05, 3.63) is 89.0 Å². The number of aryl methyl sites for hydroxylation is 1. The number of rotatable bonds is 7. The third-order valence-electron chi connectivity index (χ3n) is 5.95. The van der Waals surface area contributed by atoms with Crippen LogP contribution in [0.5, 0.6) is 5.75 Å². The lowest BCUT2D eigenvalue weighted by Gasteiger charge is -2.17. The molecule has 4 rings (SSSR count). The van der Waals surface area contributed by atoms with Crippen LogP contribution in [0.1, 0.15) is 56.4 Å². The molecule has 2 amide bonds. The Hall–Kier alpha value is -3.73. The molecule has 0 bridgehead atoms. The van der Waals surface area contributed by atoms with Crippen molar-refractivity contribution in [3.8, 4) is 16.9 Å². The van der Waals surface area contributed by atoms with Crippen molar-refractivity contribution in [2.24, 2.45) is 5.92 Å². The molecule has 0 saturated heterocycles. The number of phenols is 1. The van der Waals surface area contributed by atoms with Gasteiger partial charge in [-0.1, -0.05) is 67.1 Å². The van der Waals surface area contributed by atoms with Crippen molar-refractivity contribution in [1.29, 1.82) is 0 Å². The Morgan fingerprint density at radius 2 is 1.53 bits per heavy atom. The first-order valence-corrected chi connectivity index (χ1v) is 10.7. The van der Waals surface area contributed by atoms with Gasteiger partial charge in [-0.15, -0.1) is 0 Å². The fourth-order valence-corrected chi connectivity index (χ4v) is 4.00. The number of fused-ring (bicyclic) bond motifs is 1. The Kier molecular flexibility index (Phi) is 5.91. The van der Waals surface area contributed by atoms with Crippen LogP contribution in [0.4, 0.5) is 0 Å². The summed E-state index contributed by atoms with van der Waals surface area (Å²) < 4.78 is 0. The van der Waals surface area contributed by atoms with Crippen LogP contribution >= 0.6 is 0 Å². The number of Topliss-reactive ketones (excluding diaryl/α,β-unsaturated/α-hetero) is 1. The normalized spacial score (nSPS) is 13.9. The van der Waals surface area contributed by atoms with Crippen molar-refractivity contribution in [1.82, 2.24) is 4.90 Å². The molecule has 1 heterocycles. The molecule has 0 aromatic heterocycles. The minimum atomic E-state index is -0.478. The highest BCUT2D eigenvalue weighted by Gasteiger charge is 2.37. The quantitative estimate of drug-likeness (QED) is 0.412. The van der Waals surface area contributed by atoms with Gasteiger partial charge in [0.15, 0.2) is 5.78 Å². The number of carbonyl (C=O) groups excluding carboxylic acids is 3. The van der Waals surface area contributed by atoms with E-state index in [2.05, 4.69) is 24.3 Å². The molecule has 1 unspecified atom stereocenters. The molecule has 0 saturated carbocycles. The summed E-state index contributed by atoms with van der Waals surface area (Å²) in [7, 11) is 0. The molecule has 3 aromatic rings. The monoisotopic (exact) mass is 427 g/mol. The number of benzene rings is 3. The molecule has 32 heavy (non-hydrogen) atoms. The molecule has 3 aromatic carbocycles. The summed E-state index contributed by atoms with van der Waals surface area (Å²) in [4.78, 5) is 38.9. The van der Waals surface area contributed by atoms with E-state index in [0.717, 1.165) is 16.0 Å². The molecule has 1 N–H and O–H groups in total. The third kappa shape index (κ3) is 4.19. The van der Waals surface area contributed by atoms with Gasteiger partial charge in [-0.05, 0) is 42.5 Å². The lowest BCUT2D eigenvalue weighted by Crippen LogP contribution is -2.31. The fraction of sp³-hybridized carbons (Fsp3) is 0.222. The summed E-state index contributed by atoms with van der Waals surface area (Å²) >= 11 is 0. The average molecular weight is 428 g/mol. The summed E-state index contributed by atoms with van der Waals surface area (Å²) in [5.74, 6) is -1.02. The molecule has 0 radical (unpaired) electrons. The first-order valence-electron chi connectivity index (χ1n) is 10.7.